The predicted molar refractivity (Wildman–Crippen MR) is 74.6 cm³/mol. The molecule has 0 amide bonds. The second-order valence-corrected chi connectivity index (χ2v) is 8.06. The van der Waals surface area contributed by atoms with Gasteiger partial charge < -0.3 is 9.84 Å². The third-order valence-electron chi connectivity index (χ3n) is 3.28. The SMILES string of the molecule is CC(C)(CO)c1ccc(OC2CS(=O)(=O)C2)c(Cl)c1. The van der Waals surface area contributed by atoms with Crippen molar-refractivity contribution in [3.8, 4) is 5.75 Å². The van der Waals surface area contributed by atoms with Gasteiger partial charge in [0.2, 0.25) is 0 Å². The number of hydrogen-bond donors (Lipinski definition) is 1. The van der Waals surface area contributed by atoms with Crippen LogP contribution in [0.25, 0.3) is 0 Å². The number of ether oxygens (including phenoxy) is 1. The number of benzene rings is 1. The summed E-state index contributed by atoms with van der Waals surface area (Å²) in [5, 5.41) is 9.75. The molecule has 0 aliphatic carbocycles. The van der Waals surface area contributed by atoms with Crippen LogP contribution in [0.5, 0.6) is 5.75 Å². The van der Waals surface area contributed by atoms with Gasteiger partial charge in [0.15, 0.2) is 9.84 Å². The molecule has 106 valence electrons. The highest BCUT2D eigenvalue weighted by Gasteiger charge is 2.35. The van der Waals surface area contributed by atoms with E-state index in [4.69, 9.17) is 16.3 Å². The van der Waals surface area contributed by atoms with Gasteiger partial charge in [-0.05, 0) is 17.7 Å². The summed E-state index contributed by atoms with van der Waals surface area (Å²) in [4.78, 5) is 0. The molecule has 1 N–H and O–H groups in total. The maximum Gasteiger partial charge on any atom is 0.157 e. The van der Waals surface area contributed by atoms with E-state index < -0.39 is 9.84 Å². The van der Waals surface area contributed by atoms with Gasteiger partial charge in [-0.1, -0.05) is 31.5 Å². The minimum atomic E-state index is -2.90. The molecule has 4 nitrogen and oxygen atoms in total. The second-order valence-electron chi connectivity index (χ2n) is 5.50. The van der Waals surface area contributed by atoms with Gasteiger partial charge >= 0.3 is 0 Å². The zero-order chi connectivity index (χ0) is 14.3. The third-order valence-corrected chi connectivity index (χ3v) is 5.34. The summed E-state index contributed by atoms with van der Waals surface area (Å²) in [5.41, 5.74) is 0.538. The Morgan fingerprint density at radius 2 is 2.05 bits per heavy atom. The van der Waals surface area contributed by atoms with E-state index in [2.05, 4.69) is 0 Å². The Bertz CT molecular complexity index is 568. The fourth-order valence-electron chi connectivity index (χ4n) is 1.87. The molecular weight excluding hydrogens is 288 g/mol. The normalized spacial score (nSPS) is 18.9. The minimum absolute atomic E-state index is 0.0183. The molecule has 1 aromatic rings. The first-order valence-electron chi connectivity index (χ1n) is 6.01. The molecular formula is C13H17ClO4S. The highest BCUT2D eigenvalue weighted by molar-refractivity contribution is 7.92. The van der Waals surface area contributed by atoms with Crippen LogP contribution in [0.1, 0.15) is 19.4 Å². The van der Waals surface area contributed by atoms with Crippen molar-refractivity contribution in [3.05, 3.63) is 28.8 Å². The van der Waals surface area contributed by atoms with Crippen LogP contribution in [0.15, 0.2) is 18.2 Å². The summed E-state index contributed by atoms with van der Waals surface area (Å²) in [6.45, 7) is 3.85. The molecule has 0 saturated carbocycles. The quantitative estimate of drug-likeness (QED) is 0.921. The predicted octanol–water partition coefficient (Wildman–Crippen LogP) is 1.79. The maximum absolute atomic E-state index is 11.1. The van der Waals surface area contributed by atoms with E-state index in [0.29, 0.717) is 10.8 Å². The Morgan fingerprint density at radius 3 is 2.53 bits per heavy atom. The van der Waals surface area contributed by atoms with E-state index in [1.54, 1.807) is 12.1 Å². The lowest BCUT2D eigenvalue weighted by atomic mass is 9.86. The van der Waals surface area contributed by atoms with E-state index >= 15 is 0 Å². The summed E-state index contributed by atoms with van der Waals surface area (Å²) >= 11 is 6.13. The number of hydrogen-bond acceptors (Lipinski definition) is 4. The van der Waals surface area contributed by atoms with Gasteiger partial charge in [0.1, 0.15) is 11.9 Å². The first-order valence-corrected chi connectivity index (χ1v) is 8.21. The molecule has 1 heterocycles. The van der Waals surface area contributed by atoms with Crippen molar-refractivity contribution in [1.29, 1.82) is 0 Å². The molecule has 0 spiro atoms. The van der Waals surface area contributed by atoms with Crippen LogP contribution in [0, 0.1) is 0 Å². The molecule has 19 heavy (non-hydrogen) atoms. The van der Waals surface area contributed by atoms with Crippen molar-refractivity contribution in [2.75, 3.05) is 18.1 Å². The third kappa shape index (κ3) is 3.22. The van der Waals surface area contributed by atoms with Crippen molar-refractivity contribution in [2.24, 2.45) is 0 Å². The Balaban J connectivity index is 2.12. The van der Waals surface area contributed by atoms with Crippen molar-refractivity contribution in [3.63, 3.8) is 0 Å². The smallest absolute Gasteiger partial charge is 0.157 e. The van der Waals surface area contributed by atoms with Crippen LogP contribution in [0.4, 0.5) is 0 Å². The number of aliphatic hydroxyl groups is 1. The summed E-state index contributed by atoms with van der Waals surface area (Å²) in [6.07, 6.45) is -0.306. The van der Waals surface area contributed by atoms with Gasteiger partial charge in [-0.3, -0.25) is 0 Å². The van der Waals surface area contributed by atoms with Gasteiger partial charge in [0.25, 0.3) is 0 Å². The average Bonchev–Trinajstić information content (AvgIpc) is 2.29. The molecule has 1 aromatic carbocycles. The molecule has 1 fully saturated rings. The molecule has 0 aromatic heterocycles. The van der Waals surface area contributed by atoms with Gasteiger partial charge in [0.05, 0.1) is 23.1 Å². The van der Waals surface area contributed by atoms with E-state index in [0.717, 1.165) is 5.56 Å². The van der Waals surface area contributed by atoms with Crippen LogP contribution >= 0.6 is 11.6 Å². The topological polar surface area (TPSA) is 63.6 Å². The summed E-state index contributed by atoms with van der Waals surface area (Å²) in [6, 6.07) is 5.31. The van der Waals surface area contributed by atoms with Crippen molar-refractivity contribution >= 4 is 21.4 Å². The summed E-state index contributed by atoms with van der Waals surface area (Å²) < 4.78 is 27.7. The van der Waals surface area contributed by atoms with Crippen molar-refractivity contribution < 1.29 is 18.3 Å². The van der Waals surface area contributed by atoms with E-state index in [-0.39, 0.29) is 29.6 Å². The van der Waals surface area contributed by atoms with Crippen LogP contribution in [0.2, 0.25) is 5.02 Å². The van der Waals surface area contributed by atoms with Crippen LogP contribution in [-0.4, -0.2) is 37.7 Å². The molecule has 1 saturated heterocycles. The van der Waals surface area contributed by atoms with E-state index in [1.807, 2.05) is 19.9 Å². The highest BCUT2D eigenvalue weighted by Crippen LogP contribution is 2.32. The molecule has 1 aliphatic heterocycles. The molecule has 6 heteroatoms. The second kappa shape index (κ2) is 4.96. The Kier molecular flexibility index (Phi) is 3.82. The zero-order valence-electron chi connectivity index (χ0n) is 10.9. The van der Waals surface area contributed by atoms with E-state index in [1.165, 1.54) is 0 Å². The summed E-state index contributed by atoms with van der Waals surface area (Å²) in [7, 11) is -2.90. The number of aliphatic hydroxyl groups excluding tert-OH is 1. The first-order chi connectivity index (χ1) is 8.73. The fourth-order valence-corrected chi connectivity index (χ4v) is 3.27. The molecule has 0 unspecified atom stereocenters. The maximum atomic E-state index is 11.1. The van der Waals surface area contributed by atoms with Gasteiger partial charge in [-0.15, -0.1) is 0 Å². The molecule has 0 atom stereocenters. The Labute approximate surface area is 118 Å². The molecule has 0 bridgehead atoms. The van der Waals surface area contributed by atoms with E-state index in [9.17, 15) is 13.5 Å². The fraction of sp³-hybridized carbons (Fsp3) is 0.538. The Hall–Kier alpha value is -0.780. The van der Waals surface area contributed by atoms with Crippen molar-refractivity contribution in [1.82, 2.24) is 0 Å². The van der Waals surface area contributed by atoms with Crippen LogP contribution in [0.3, 0.4) is 0 Å². The number of halogens is 1. The monoisotopic (exact) mass is 304 g/mol. The largest absolute Gasteiger partial charge is 0.487 e. The standard InChI is InChI=1S/C13H17ClO4S/c1-13(2,8-15)9-3-4-12(11(14)5-9)18-10-6-19(16,17)7-10/h3-5,10,15H,6-8H2,1-2H3. The first kappa shape index (κ1) is 14.6. The minimum Gasteiger partial charge on any atom is -0.487 e. The van der Waals surface area contributed by atoms with Gasteiger partial charge in [-0.2, -0.15) is 0 Å². The average molecular weight is 305 g/mol. The van der Waals surface area contributed by atoms with Crippen molar-refractivity contribution in [2.45, 2.75) is 25.4 Å². The zero-order valence-corrected chi connectivity index (χ0v) is 12.5. The molecule has 2 rings (SSSR count). The van der Waals surface area contributed by atoms with Gasteiger partial charge in [0, 0.05) is 5.41 Å². The van der Waals surface area contributed by atoms with Gasteiger partial charge in [-0.25, -0.2) is 8.42 Å². The number of sulfone groups is 1. The lowest BCUT2D eigenvalue weighted by Crippen LogP contribution is -2.45. The Morgan fingerprint density at radius 1 is 1.42 bits per heavy atom. The van der Waals surface area contributed by atoms with Crippen LogP contribution < -0.4 is 4.74 Å². The number of rotatable bonds is 4. The lowest BCUT2D eigenvalue weighted by Gasteiger charge is -2.28. The highest BCUT2D eigenvalue weighted by atomic mass is 35.5. The lowest BCUT2D eigenvalue weighted by molar-refractivity contribution is 0.217. The molecule has 1 aliphatic rings. The molecule has 0 radical (unpaired) electrons. The van der Waals surface area contributed by atoms with Crippen LogP contribution in [-0.2, 0) is 15.3 Å². The summed E-state index contributed by atoms with van der Waals surface area (Å²) in [5.74, 6) is 0.583.